The highest BCUT2D eigenvalue weighted by atomic mass is 16.6. The number of hydrogen-bond donors (Lipinski definition) is 0. The second kappa shape index (κ2) is 11.1. The van der Waals surface area contributed by atoms with Gasteiger partial charge in [-0.15, -0.1) is 0 Å². The third-order valence-electron chi connectivity index (χ3n) is 4.13. The fourth-order valence-electron chi connectivity index (χ4n) is 2.47. The molecular formula is C19H34N2O4. The molecule has 0 bridgehead atoms. The highest BCUT2D eigenvalue weighted by molar-refractivity contribution is 5.91. The average molecular weight is 354 g/mol. The molecule has 0 radical (unpaired) electrons. The fraction of sp³-hybridized carbons (Fsp3) is 0.684. The second-order valence-corrected chi connectivity index (χ2v) is 6.29. The smallest absolute Gasteiger partial charge is 0.338 e. The molecule has 0 spiro atoms. The number of nitrogens with zero attached hydrogens (tertiary/aromatic N) is 2. The van der Waals surface area contributed by atoms with Crippen molar-refractivity contribution in [2.45, 2.75) is 60.2 Å². The Balaban J connectivity index is 5.72. The molecule has 0 aromatic carbocycles. The molecule has 6 nitrogen and oxygen atoms in total. The lowest BCUT2D eigenvalue weighted by Gasteiger charge is -2.29. The lowest BCUT2D eigenvalue weighted by Crippen LogP contribution is -2.37. The van der Waals surface area contributed by atoms with Crippen LogP contribution in [0.5, 0.6) is 0 Å². The molecule has 0 aliphatic heterocycles. The Labute approximate surface area is 152 Å². The van der Waals surface area contributed by atoms with E-state index in [0.29, 0.717) is 17.8 Å². The second-order valence-electron chi connectivity index (χ2n) is 6.29. The first-order chi connectivity index (χ1) is 11.6. The van der Waals surface area contributed by atoms with Crippen LogP contribution in [0, 0.1) is 0 Å². The van der Waals surface area contributed by atoms with E-state index in [4.69, 9.17) is 9.47 Å². The van der Waals surface area contributed by atoms with E-state index in [1.165, 1.54) is 0 Å². The summed E-state index contributed by atoms with van der Waals surface area (Å²) in [5, 5.41) is 0. The third kappa shape index (κ3) is 7.00. The number of carbonyl (C=O) groups excluding carboxylic acids is 2. The summed E-state index contributed by atoms with van der Waals surface area (Å²) in [6.07, 6.45) is 0.336. The van der Waals surface area contributed by atoms with Crippen molar-refractivity contribution < 1.29 is 19.1 Å². The minimum atomic E-state index is -0.541. The molecule has 0 amide bonds. The molecule has 0 aliphatic carbocycles. The van der Waals surface area contributed by atoms with E-state index in [9.17, 15) is 9.59 Å². The molecule has 6 heteroatoms. The van der Waals surface area contributed by atoms with Gasteiger partial charge >= 0.3 is 11.9 Å². The van der Waals surface area contributed by atoms with E-state index >= 15 is 0 Å². The summed E-state index contributed by atoms with van der Waals surface area (Å²) in [5.74, 6) is -0.708. The molecule has 25 heavy (non-hydrogen) atoms. The number of hydrogen-bond acceptors (Lipinski definition) is 6. The van der Waals surface area contributed by atoms with Gasteiger partial charge in [0, 0.05) is 5.57 Å². The Kier molecular flexibility index (Phi) is 10.3. The van der Waals surface area contributed by atoms with Gasteiger partial charge in [0.15, 0.2) is 6.23 Å². The zero-order chi connectivity index (χ0) is 19.7. The van der Waals surface area contributed by atoms with Gasteiger partial charge in [-0.25, -0.2) is 9.59 Å². The summed E-state index contributed by atoms with van der Waals surface area (Å²) >= 11 is 0. The van der Waals surface area contributed by atoms with Crippen LogP contribution >= 0.6 is 0 Å². The molecular weight excluding hydrogens is 320 g/mol. The SMILES string of the molecule is C=C(C)C(=O)O/C(=C(\C)C(=O)OC(CC)N(C)C)C(C)N(CC)CC. The van der Waals surface area contributed by atoms with Crippen LogP contribution < -0.4 is 0 Å². The fourth-order valence-corrected chi connectivity index (χ4v) is 2.47. The van der Waals surface area contributed by atoms with Crippen LogP contribution in [0.4, 0.5) is 0 Å². The predicted octanol–water partition coefficient (Wildman–Crippen LogP) is 2.95. The Morgan fingerprint density at radius 3 is 1.92 bits per heavy atom. The zero-order valence-electron chi connectivity index (χ0n) is 17.0. The zero-order valence-corrected chi connectivity index (χ0v) is 17.0. The topological polar surface area (TPSA) is 59.1 Å². The highest BCUT2D eigenvalue weighted by Gasteiger charge is 2.27. The van der Waals surface area contributed by atoms with Crippen LogP contribution in [-0.4, -0.2) is 61.2 Å². The van der Waals surface area contributed by atoms with Crippen LogP contribution in [0.3, 0.4) is 0 Å². The maximum absolute atomic E-state index is 12.6. The minimum Gasteiger partial charge on any atom is -0.443 e. The maximum Gasteiger partial charge on any atom is 0.338 e. The Bertz CT molecular complexity index is 508. The van der Waals surface area contributed by atoms with Crippen molar-refractivity contribution in [2.75, 3.05) is 27.2 Å². The van der Waals surface area contributed by atoms with E-state index < -0.39 is 11.9 Å². The van der Waals surface area contributed by atoms with Crippen LogP contribution in [0.25, 0.3) is 0 Å². The maximum atomic E-state index is 12.6. The van der Waals surface area contributed by atoms with Crippen molar-refractivity contribution in [3.63, 3.8) is 0 Å². The largest absolute Gasteiger partial charge is 0.443 e. The quantitative estimate of drug-likeness (QED) is 0.260. The molecule has 0 rings (SSSR count). The van der Waals surface area contributed by atoms with Crippen molar-refractivity contribution in [2.24, 2.45) is 0 Å². The van der Waals surface area contributed by atoms with Crippen molar-refractivity contribution in [1.29, 1.82) is 0 Å². The van der Waals surface area contributed by atoms with Crippen molar-refractivity contribution in [3.8, 4) is 0 Å². The van der Waals surface area contributed by atoms with Gasteiger partial charge in [-0.1, -0.05) is 27.4 Å². The Morgan fingerprint density at radius 2 is 1.56 bits per heavy atom. The number of carbonyl (C=O) groups is 2. The first-order valence-corrected chi connectivity index (χ1v) is 8.80. The van der Waals surface area contributed by atoms with Crippen molar-refractivity contribution >= 4 is 11.9 Å². The third-order valence-corrected chi connectivity index (χ3v) is 4.13. The van der Waals surface area contributed by atoms with Crippen LogP contribution in [0.1, 0.15) is 48.0 Å². The van der Waals surface area contributed by atoms with E-state index in [1.807, 2.05) is 46.7 Å². The lowest BCUT2D eigenvalue weighted by molar-refractivity contribution is -0.152. The number of likely N-dealkylation sites (N-methyl/N-ethyl adjacent to an activating group) is 1. The molecule has 0 N–H and O–H groups in total. The summed E-state index contributed by atoms with van der Waals surface area (Å²) in [4.78, 5) is 28.5. The van der Waals surface area contributed by atoms with E-state index in [-0.39, 0.29) is 17.8 Å². The van der Waals surface area contributed by atoms with E-state index in [2.05, 4.69) is 11.5 Å². The molecule has 0 heterocycles. The van der Waals surface area contributed by atoms with Gasteiger partial charge in [-0.2, -0.15) is 0 Å². The number of esters is 2. The Morgan fingerprint density at radius 1 is 1.04 bits per heavy atom. The van der Waals surface area contributed by atoms with Gasteiger partial charge in [-0.3, -0.25) is 9.80 Å². The normalized spacial score (nSPS) is 14.8. The summed E-state index contributed by atoms with van der Waals surface area (Å²) in [7, 11) is 3.70. The summed E-state index contributed by atoms with van der Waals surface area (Å²) in [6, 6.07) is -0.231. The van der Waals surface area contributed by atoms with Crippen LogP contribution in [-0.2, 0) is 19.1 Å². The van der Waals surface area contributed by atoms with Gasteiger partial charge in [0.1, 0.15) is 5.76 Å². The molecule has 2 atom stereocenters. The number of ether oxygens (including phenoxy) is 2. The van der Waals surface area contributed by atoms with Crippen LogP contribution in [0.2, 0.25) is 0 Å². The summed E-state index contributed by atoms with van der Waals surface area (Å²) in [6.45, 7) is 16.2. The van der Waals surface area contributed by atoms with Crippen molar-refractivity contribution in [1.82, 2.24) is 9.80 Å². The minimum absolute atomic E-state index is 0.231. The molecule has 0 aromatic heterocycles. The summed E-state index contributed by atoms with van der Waals surface area (Å²) in [5.41, 5.74) is 0.583. The van der Waals surface area contributed by atoms with Crippen molar-refractivity contribution in [3.05, 3.63) is 23.5 Å². The van der Waals surface area contributed by atoms with E-state index in [0.717, 1.165) is 13.1 Å². The average Bonchev–Trinajstić information content (AvgIpc) is 2.56. The molecule has 0 aromatic rings. The molecule has 0 saturated carbocycles. The summed E-state index contributed by atoms with van der Waals surface area (Å²) < 4.78 is 11.0. The molecule has 0 saturated heterocycles. The van der Waals surface area contributed by atoms with Crippen LogP contribution in [0.15, 0.2) is 23.5 Å². The lowest BCUT2D eigenvalue weighted by atomic mass is 10.1. The van der Waals surface area contributed by atoms with E-state index in [1.54, 1.807) is 13.8 Å². The van der Waals surface area contributed by atoms with Gasteiger partial charge in [0.25, 0.3) is 0 Å². The van der Waals surface area contributed by atoms with Gasteiger partial charge in [0.2, 0.25) is 0 Å². The highest BCUT2D eigenvalue weighted by Crippen LogP contribution is 2.20. The Hall–Kier alpha value is -1.66. The standard InChI is InChI=1S/C19H34N2O4/c1-10-16(20(8)9)24-19(23)14(6)17(25-18(22)13(4)5)15(7)21(11-2)12-3/h15-16H,4,10-12H2,1-3,5-9H3/b17-14+. The first kappa shape index (κ1) is 23.3. The van der Waals surface area contributed by atoms with Gasteiger partial charge in [0.05, 0.1) is 11.6 Å². The number of rotatable bonds is 10. The first-order valence-electron chi connectivity index (χ1n) is 8.80. The molecule has 0 fully saturated rings. The molecule has 0 aliphatic rings. The monoisotopic (exact) mass is 354 g/mol. The molecule has 2 unspecified atom stereocenters. The van der Waals surface area contributed by atoms with Gasteiger partial charge in [-0.05, 0) is 54.4 Å². The van der Waals surface area contributed by atoms with Gasteiger partial charge < -0.3 is 9.47 Å². The predicted molar refractivity (Wildman–Crippen MR) is 99.8 cm³/mol. The molecule has 144 valence electrons.